The maximum absolute atomic E-state index is 12.6. The second-order valence-corrected chi connectivity index (χ2v) is 8.76. The van der Waals surface area contributed by atoms with Crippen molar-refractivity contribution in [2.24, 2.45) is 0 Å². The van der Waals surface area contributed by atoms with E-state index in [0.717, 1.165) is 15.6 Å². The Bertz CT molecular complexity index is 1310. The molecule has 0 atom stereocenters. The van der Waals surface area contributed by atoms with Crippen LogP contribution in [-0.2, 0) is 9.59 Å². The predicted molar refractivity (Wildman–Crippen MR) is 138 cm³/mol. The fourth-order valence-corrected chi connectivity index (χ4v) is 3.67. The number of benzene rings is 3. The lowest BCUT2D eigenvalue weighted by atomic mass is 10.1. The summed E-state index contributed by atoms with van der Waals surface area (Å²) in [6, 6.07) is 19.5. The Morgan fingerprint density at radius 2 is 1.82 bits per heavy atom. The number of hydrogen-bond donors (Lipinski definition) is 2. The van der Waals surface area contributed by atoms with Gasteiger partial charge in [-0.05, 0) is 61.9 Å². The van der Waals surface area contributed by atoms with Gasteiger partial charge in [0.2, 0.25) is 0 Å². The summed E-state index contributed by atoms with van der Waals surface area (Å²) in [7, 11) is 0. The van der Waals surface area contributed by atoms with Gasteiger partial charge < -0.3 is 15.4 Å². The Morgan fingerprint density at radius 1 is 1.06 bits per heavy atom. The molecule has 0 aromatic heterocycles. The molecule has 34 heavy (non-hydrogen) atoms. The van der Waals surface area contributed by atoms with Gasteiger partial charge in [-0.2, -0.15) is 5.26 Å². The fourth-order valence-electron chi connectivity index (χ4n) is 3.10. The first-order valence-corrected chi connectivity index (χ1v) is 11.4. The molecule has 0 heterocycles. The third-order valence-electron chi connectivity index (χ3n) is 4.77. The third kappa shape index (κ3) is 6.70. The van der Waals surface area contributed by atoms with E-state index in [4.69, 9.17) is 16.3 Å². The Labute approximate surface area is 211 Å². The highest BCUT2D eigenvalue weighted by Gasteiger charge is 2.14. The lowest BCUT2D eigenvalue weighted by Gasteiger charge is -2.12. The molecular formula is C26H21BrClN3O3. The van der Waals surface area contributed by atoms with Gasteiger partial charge in [0, 0.05) is 15.7 Å². The highest BCUT2D eigenvalue weighted by Crippen LogP contribution is 2.27. The summed E-state index contributed by atoms with van der Waals surface area (Å²) in [5.41, 5.74) is 3.46. The molecular weight excluding hydrogens is 518 g/mol. The van der Waals surface area contributed by atoms with Gasteiger partial charge in [0.1, 0.15) is 17.4 Å². The summed E-state index contributed by atoms with van der Waals surface area (Å²) >= 11 is 9.47. The van der Waals surface area contributed by atoms with Gasteiger partial charge in [0.05, 0.1) is 10.7 Å². The van der Waals surface area contributed by atoms with E-state index >= 15 is 0 Å². The van der Waals surface area contributed by atoms with Crippen molar-refractivity contribution in [3.63, 3.8) is 0 Å². The summed E-state index contributed by atoms with van der Waals surface area (Å²) in [6.07, 6.45) is 1.40. The number of nitriles is 1. The van der Waals surface area contributed by atoms with Crippen LogP contribution in [0, 0.1) is 25.2 Å². The van der Waals surface area contributed by atoms with Crippen LogP contribution in [0.4, 0.5) is 11.4 Å². The molecule has 3 aromatic carbocycles. The third-order valence-corrected chi connectivity index (χ3v) is 5.60. The molecule has 0 bridgehead atoms. The van der Waals surface area contributed by atoms with Crippen molar-refractivity contribution in [1.29, 1.82) is 5.26 Å². The molecule has 0 aliphatic carbocycles. The van der Waals surface area contributed by atoms with Crippen LogP contribution in [0.15, 0.2) is 70.7 Å². The zero-order valence-corrected chi connectivity index (χ0v) is 20.8. The average molecular weight is 539 g/mol. The number of halogens is 2. The molecule has 0 saturated heterocycles. The van der Waals surface area contributed by atoms with E-state index in [1.807, 2.05) is 38.1 Å². The maximum atomic E-state index is 12.6. The lowest BCUT2D eigenvalue weighted by molar-refractivity contribution is -0.118. The van der Waals surface area contributed by atoms with Crippen LogP contribution < -0.4 is 15.4 Å². The Hall–Kier alpha value is -3.60. The zero-order chi connectivity index (χ0) is 24.7. The van der Waals surface area contributed by atoms with Crippen LogP contribution in [0.5, 0.6) is 5.75 Å². The number of para-hydroxylation sites is 1. The topological polar surface area (TPSA) is 91.2 Å². The standard InChI is InChI=1S/C26H21BrClN3O3/c1-16-7-9-22(17(2)11-16)30-25(32)15-34-24-10-8-20(27)13-18(24)12-19(14-29)26(33)31-23-6-4-3-5-21(23)28/h3-13H,15H2,1-2H3,(H,30,32)(H,31,33)/b19-12+. The zero-order valence-electron chi connectivity index (χ0n) is 18.5. The van der Waals surface area contributed by atoms with Gasteiger partial charge in [-0.25, -0.2) is 0 Å². The van der Waals surface area contributed by atoms with E-state index in [1.165, 1.54) is 6.08 Å². The number of carbonyl (C=O) groups excluding carboxylic acids is 2. The lowest BCUT2D eigenvalue weighted by Crippen LogP contribution is -2.21. The number of aryl methyl sites for hydroxylation is 2. The van der Waals surface area contributed by atoms with Crippen LogP contribution in [0.2, 0.25) is 5.02 Å². The molecule has 0 radical (unpaired) electrons. The fraction of sp³-hybridized carbons (Fsp3) is 0.115. The first-order chi connectivity index (χ1) is 16.3. The molecule has 0 aliphatic rings. The van der Waals surface area contributed by atoms with Crippen molar-refractivity contribution in [2.75, 3.05) is 17.2 Å². The molecule has 0 fully saturated rings. The SMILES string of the molecule is Cc1ccc(NC(=O)COc2ccc(Br)cc2/C=C(\C#N)C(=O)Nc2ccccc2Cl)c(C)c1. The van der Waals surface area contributed by atoms with E-state index in [2.05, 4.69) is 26.6 Å². The molecule has 0 unspecified atom stereocenters. The summed E-state index contributed by atoms with van der Waals surface area (Å²) in [4.78, 5) is 25.1. The molecule has 6 nitrogen and oxygen atoms in total. The smallest absolute Gasteiger partial charge is 0.266 e. The summed E-state index contributed by atoms with van der Waals surface area (Å²) < 4.78 is 6.43. The second-order valence-electron chi connectivity index (χ2n) is 7.44. The molecule has 2 amide bonds. The number of hydrogen-bond acceptors (Lipinski definition) is 4. The maximum Gasteiger partial charge on any atom is 0.266 e. The van der Waals surface area contributed by atoms with Crippen LogP contribution in [0.1, 0.15) is 16.7 Å². The molecule has 8 heteroatoms. The van der Waals surface area contributed by atoms with E-state index in [-0.39, 0.29) is 18.1 Å². The van der Waals surface area contributed by atoms with Crippen molar-refractivity contribution in [3.8, 4) is 11.8 Å². The minimum Gasteiger partial charge on any atom is -0.483 e. The van der Waals surface area contributed by atoms with Crippen molar-refractivity contribution in [2.45, 2.75) is 13.8 Å². The molecule has 3 aromatic rings. The predicted octanol–water partition coefficient (Wildman–Crippen LogP) is 6.28. The van der Waals surface area contributed by atoms with Crippen LogP contribution >= 0.6 is 27.5 Å². The van der Waals surface area contributed by atoms with Gasteiger partial charge in [0.15, 0.2) is 6.61 Å². The van der Waals surface area contributed by atoms with Crippen LogP contribution in [0.25, 0.3) is 6.08 Å². The van der Waals surface area contributed by atoms with E-state index < -0.39 is 5.91 Å². The van der Waals surface area contributed by atoms with Crippen molar-refractivity contribution < 1.29 is 14.3 Å². The number of amides is 2. The van der Waals surface area contributed by atoms with E-state index in [0.29, 0.717) is 27.7 Å². The molecule has 172 valence electrons. The van der Waals surface area contributed by atoms with Gasteiger partial charge in [0.25, 0.3) is 11.8 Å². The number of rotatable bonds is 7. The van der Waals surface area contributed by atoms with E-state index in [1.54, 1.807) is 42.5 Å². The molecule has 0 spiro atoms. The van der Waals surface area contributed by atoms with Gasteiger partial charge in [-0.15, -0.1) is 0 Å². The minimum atomic E-state index is -0.617. The van der Waals surface area contributed by atoms with Crippen molar-refractivity contribution in [1.82, 2.24) is 0 Å². The highest BCUT2D eigenvalue weighted by atomic mass is 79.9. The first kappa shape index (κ1) is 25.0. The molecule has 3 rings (SSSR count). The summed E-state index contributed by atoms with van der Waals surface area (Å²) in [5, 5.41) is 15.4. The molecule has 0 aliphatic heterocycles. The monoisotopic (exact) mass is 537 g/mol. The largest absolute Gasteiger partial charge is 0.483 e. The van der Waals surface area contributed by atoms with Gasteiger partial charge in [-0.3, -0.25) is 9.59 Å². The first-order valence-electron chi connectivity index (χ1n) is 10.2. The number of nitrogens with one attached hydrogen (secondary N) is 2. The minimum absolute atomic E-state index is 0.150. The number of anilines is 2. The highest BCUT2D eigenvalue weighted by molar-refractivity contribution is 9.10. The molecule has 2 N–H and O–H groups in total. The van der Waals surface area contributed by atoms with Crippen LogP contribution in [0.3, 0.4) is 0 Å². The number of nitrogens with zero attached hydrogens (tertiary/aromatic N) is 1. The quantitative estimate of drug-likeness (QED) is 0.273. The Kier molecular flexibility index (Phi) is 8.47. The number of ether oxygens (including phenoxy) is 1. The average Bonchev–Trinajstić information content (AvgIpc) is 2.80. The van der Waals surface area contributed by atoms with Crippen molar-refractivity contribution >= 4 is 56.8 Å². The van der Waals surface area contributed by atoms with Crippen molar-refractivity contribution in [3.05, 3.63) is 92.4 Å². The normalized spacial score (nSPS) is 10.9. The van der Waals surface area contributed by atoms with Gasteiger partial charge in [-0.1, -0.05) is 57.4 Å². The van der Waals surface area contributed by atoms with Gasteiger partial charge >= 0.3 is 0 Å². The van der Waals surface area contributed by atoms with E-state index in [9.17, 15) is 14.9 Å². The summed E-state index contributed by atoms with van der Waals surface area (Å²) in [5.74, 6) is -0.604. The second kappa shape index (κ2) is 11.5. The summed E-state index contributed by atoms with van der Waals surface area (Å²) in [6.45, 7) is 3.65. The number of carbonyl (C=O) groups is 2. The van der Waals surface area contributed by atoms with Crippen LogP contribution in [-0.4, -0.2) is 18.4 Å². The Balaban J connectivity index is 1.76. The Morgan fingerprint density at radius 3 is 2.53 bits per heavy atom. The molecule has 0 saturated carbocycles.